The van der Waals surface area contributed by atoms with E-state index in [0.29, 0.717) is 0 Å². The molecule has 0 aliphatic rings. The Balaban J connectivity index is 1.75. The number of phenolic OH excluding ortho intramolecular Hbond substituents is 1. The molecule has 2 heterocycles. The van der Waals surface area contributed by atoms with Gasteiger partial charge in [-0.05, 0) is 24.3 Å². The first kappa shape index (κ1) is 16.1. The average molecular weight is 341 g/mol. The highest BCUT2D eigenvalue weighted by Crippen LogP contribution is 2.32. The lowest BCUT2D eigenvalue weighted by Crippen LogP contribution is -2.03. The Kier molecular flexibility index (Phi) is 4.48. The van der Waals surface area contributed by atoms with E-state index in [1.807, 2.05) is 61.1 Å². The number of pyridine rings is 1. The molecule has 0 unspecified atom stereocenters. The third-order valence-electron chi connectivity index (χ3n) is 4.34. The number of nitrogens with zero attached hydrogens (tertiary/aromatic N) is 3. The van der Waals surface area contributed by atoms with Crippen molar-refractivity contribution in [3.63, 3.8) is 0 Å². The van der Waals surface area contributed by atoms with E-state index < -0.39 is 0 Å². The fourth-order valence-corrected chi connectivity index (χ4v) is 3.10. The zero-order chi connectivity index (χ0) is 17.8. The van der Waals surface area contributed by atoms with E-state index in [4.69, 9.17) is 0 Å². The second-order valence-electron chi connectivity index (χ2n) is 6.12. The number of imidazole rings is 1. The van der Waals surface area contributed by atoms with E-state index >= 15 is 0 Å². The van der Waals surface area contributed by atoms with Crippen LogP contribution in [0.1, 0.15) is 5.69 Å². The third kappa shape index (κ3) is 3.35. The molecule has 0 spiro atoms. The van der Waals surface area contributed by atoms with Crippen LogP contribution in [0.25, 0.3) is 22.5 Å². The fourth-order valence-electron chi connectivity index (χ4n) is 3.10. The SMILES string of the molecule is Oc1cccc(-c2c(-c3ccccc3)ncn2CCc2ccccn2)c1. The van der Waals surface area contributed by atoms with Crippen molar-refractivity contribution in [1.82, 2.24) is 14.5 Å². The van der Waals surface area contributed by atoms with Crippen molar-refractivity contribution >= 4 is 0 Å². The number of rotatable bonds is 5. The molecule has 0 saturated carbocycles. The maximum Gasteiger partial charge on any atom is 0.116 e. The van der Waals surface area contributed by atoms with Gasteiger partial charge in [0.1, 0.15) is 5.75 Å². The topological polar surface area (TPSA) is 50.9 Å². The Hall–Kier alpha value is -3.40. The van der Waals surface area contributed by atoms with E-state index in [0.717, 1.165) is 41.2 Å². The molecule has 0 radical (unpaired) electrons. The van der Waals surface area contributed by atoms with Crippen molar-refractivity contribution in [2.75, 3.05) is 0 Å². The zero-order valence-electron chi connectivity index (χ0n) is 14.3. The first-order chi connectivity index (χ1) is 12.8. The minimum absolute atomic E-state index is 0.249. The molecule has 4 aromatic rings. The summed E-state index contributed by atoms with van der Waals surface area (Å²) < 4.78 is 2.13. The second kappa shape index (κ2) is 7.23. The van der Waals surface area contributed by atoms with Crippen LogP contribution in [0, 0.1) is 0 Å². The molecule has 2 aromatic carbocycles. The van der Waals surface area contributed by atoms with Crippen LogP contribution in [-0.2, 0) is 13.0 Å². The third-order valence-corrected chi connectivity index (χ3v) is 4.34. The van der Waals surface area contributed by atoms with Gasteiger partial charge in [-0.15, -0.1) is 0 Å². The predicted molar refractivity (Wildman–Crippen MR) is 103 cm³/mol. The van der Waals surface area contributed by atoms with Crippen LogP contribution in [0.3, 0.4) is 0 Å². The van der Waals surface area contributed by atoms with Gasteiger partial charge in [0.15, 0.2) is 0 Å². The standard InChI is InChI=1S/C22H19N3O/c26-20-11-6-9-18(15-20)22-21(17-7-2-1-3-8-17)24-16-25(22)14-12-19-10-4-5-13-23-19/h1-11,13,15-16,26H,12,14H2. The summed E-state index contributed by atoms with van der Waals surface area (Å²) in [6.07, 6.45) is 4.50. The first-order valence-electron chi connectivity index (χ1n) is 8.61. The Bertz CT molecular complexity index is 994. The average Bonchev–Trinajstić information content (AvgIpc) is 3.12. The van der Waals surface area contributed by atoms with Crippen LogP contribution in [0.2, 0.25) is 0 Å². The van der Waals surface area contributed by atoms with Gasteiger partial charge < -0.3 is 9.67 Å². The van der Waals surface area contributed by atoms with Gasteiger partial charge in [0, 0.05) is 36.0 Å². The van der Waals surface area contributed by atoms with Gasteiger partial charge in [0.25, 0.3) is 0 Å². The molecule has 1 N–H and O–H groups in total. The van der Waals surface area contributed by atoms with Gasteiger partial charge in [-0.25, -0.2) is 4.98 Å². The molecule has 0 aliphatic carbocycles. The van der Waals surface area contributed by atoms with Gasteiger partial charge in [-0.2, -0.15) is 0 Å². The number of aryl methyl sites for hydroxylation is 2. The zero-order valence-corrected chi connectivity index (χ0v) is 14.3. The lowest BCUT2D eigenvalue weighted by Gasteiger charge is -2.11. The summed E-state index contributed by atoms with van der Waals surface area (Å²) in [5.41, 5.74) is 4.97. The minimum Gasteiger partial charge on any atom is -0.508 e. The molecule has 128 valence electrons. The summed E-state index contributed by atoms with van der Waals surface area (Å²) in [7, 11) is 0. The molecular formula is C22H19N3O. The van der Waals surface area contributed by atoms with E-state index in [-0.39, 0.29) is 5.75 Å². The summed E-state index contributed by atoms with van der Waals surface area (Å²) in [6.45, 7) is 0.766. The summed E-state index contributed by atoms with van der Waals surface area (Å²) in [4.78, 5) is 9.07. The van der Waals surface area contributed by atoms with Crippen molar-refractivity contribution in [2.45, 2.75) is 13.0 Å². The quantitative estimate of drug-likeness (QED) is 0.579. The molecule has 0 atom stereocenters. The van der Waals surface area contributed by atoms with Gasteiger partial charge in [-0.1, -0.05) is 48.5 Å². The maximum absolute atomic E-state index is 9.93. The summed E-state index contributed by atoms with van der Waals surface area (Å²) in [5, 5.41) is 9.93. The maximum atomic E-state index is 9.93. The van der Waals surface area contributed by atoms with Crippen LogP contribution in [0.15, 0.2) is 85.3 Å². The second-order valence-corrected chi connectivity index (χ2v) is 6.12. The number of benzene rings is 2. The van der Waals surface area contributed by atoms with Gasteiger partial charge in [0.05, 0.1) is 17.7 Å². The molecule has 26 heavy (non-hydrogen) atoms. The Morgan fingerprint density at radius 2 is 1.62 bits per heavy atom. The monoisotopic (exact) mass is 341 g/mol. The van der Waals surface area contributed by atoms with Gasteiger partial charge >= 0.3 is 0 Å². The highest BCUT2D eigenvalue weighted by Gasteiger charge is 2.15. The number of hydrogen-bond acceptors (Lipinski definition) is 3. The highest BCUT2D eigenvalue weighted by atomic mass is 16.3. The predicted octanol–water partition coefficient (Wildman–Crippen LogP) is 4.56. The highest BCUT2D eigenvalue weighted by molar-refractivity contribution is 5.79. The van der Waals surface area contributed by atoms with Crippen LogP contribution >= 0.6 is 0 Å². The van der Waals surface area contributed by atoms with Crippen LogP contribution < -0.4 is 0 Å². The van der Waals surface area contributed by atoms with Crippen molar-refractivity contribution in [3.05, 3.63) is 91.0 Å². The Morgan fingerprint density at radius 3 is 2.38 bits per heavy atom. The summed E-state index contributed by atoms with van der Waals surface area (Å²) in [5.74, 6) is 0.249. The molecule has 0 amide bonds. The van der Waals surface area contributed by atoms with Gasteiger partial charge in [-0.3, -0.25) is 4.98 Å². The molecule has 2 aromatic heterocycles. The smallest absolute Gasteiger partial charge is 0.116 e. The number of phenols is 1. The number of aromatic nitrogens is 3. The van der Waals surface area contributed by atoms with E-state index in [9.17, 15) is 5.11 Å². The van der Waals surface area contributed by atoms with E-state index in [1.165, 1.54) is 0 Å². The van der Waals surface area contributed by atoms with E-state index in [2.05, 4.69) is 26.7 Å². The van der Waals surface area contributed by atoms with Crippen molar-refractivity contribution in [2.24, 2.45) is 0 Å². The molecule has 0 bridgehead atoms. The first-order valence-corrected chi connectivity index (χ1v) is 8.61. The summed E-state index contributed by atoms with van der Waals surface area (Å²) >= 11 is 0. The minimum atomic E-state index is 0.249. The Labute approximate surface area is 152 Å². The molecule has 0 fully saturated rings. The van der Waals surface area contributed by atoms with Gasteiger partial charge in [0.2, 0.25) is 0 Å². The molecule has 4 nitrogen and oxygen atoms in total. The van der Waals surface area contributed by atoms with Crippen LogP contribution in [0.4, 0.5) is 0 Å². The molecule has 4 heteroatoms. The van der Waals surface area contributed by atoms with Crippen LogP contribution in [-0.4, -0.2) is 19.6 Å². The summed E-state index contributed by atoms with van der Waals surface area (Å²) in [6, 6.07) is 23.4. The van der Waals surface area contributed by atoms with E-state index in [1.54, 1.807) is 12.1 Å². The largest absolute Gasteiger partial charge is 0.508 e. The lowest BCUT2D eigenvalue weighted by molar-refractivity contribution is 0.475. The van der Waals surface area contributed by atoms with Crippen LogP contribution in [0.5, 0.6) is 5.75 Å². The normalized spacial score (nSPS) is 10.8. The lowest BCUT2D eigenvalue weighted by atomic mass is 10.0. The number of aromatic hydroxyl groups is 1. The Morgan fingerprint density at radius 1 is 0.808 bits per heavy atom. The fraction of sp³-hybridized carbons (Fsp3) is 0.0909. The number of hydrogen-bond donors (Lipinski definition) is 1. The van der Waals surface area contributed by atoms with Crippen molar-refractivity contribution in [1.29, 1.82) is 0 Å². The van der Waals surface area contributed by atoms with Crippen molar-refractivity contribution < 1.29 is 5.11 Å². The molecular weight excluding hydrogens is 322 g/mol. The van der Waals surface area contributed by atoms with Crippen molar-refractivity contribution in [3.8, 4) is 28.3 Å². The molecule has 4 rings (SSSR count). The molecule has 0 aliphatic heterocycles. The molecule has 0 saturated heterocycles.